The molecule has 0 fully saturated rings. The van der Waals surface area contributed by atoms with Crippen LogP contribution in [0.25, 0.3) is 11.0 Å². The van der Waals surface area contributed by atoms with Crippen LogP contribution in [0.5, 0.6) is 11.6 Å². The van der Waals surface area contributed by atoms with Crippen LogP contribution in [0, 0.1) is 6.92 Å². The van der Waals surface area contributed by atoms with Gasteiger partial charge in [0.1, 0.15) is 17.1 Å². The van der Waals surface area contributed by atoms with E-state index in [0.717, 1.165) is 5.39 Å². The van der Waals surface area contributed by atoms with Crippen molar-refractivity contribution in [1.29, 1.82) is 0 Å². The van der Waals surface area contributed by atoms with Gasteiger partial charge in [-0.1, -0.05) is 12.7 Å². The largest absolute Gasteiger partial charge is 0.460 e. The number of hydrogen-bond donors (Lipinski definition) is 1. The van der Waals surface area contributed by atoms with Crippen molar-refractivity contribution in [2.24, 2.45) is 4.99 Å². The van der Waals surface area contributed by atoms with Crippen molar-refractivity contribution in [3.8, 4) is 11.6 Å². The number of rotatable bonds is 6. The molecule has 0 spiro atoms. The Morgan fingerprint density at radius 3 is 2.89 bits per heavy atom. The van der Waals surface area contributed by atoms with Crippen molar-refractivity contribution < 1.29 is 13.9 Å². The second-order valence-corrected chi connectivity index (χ2v) is 5.81. The fraction of sp³-hybridized carbons (Fsp3) is 0.143. The highest BCUT2D eigenvalue weighted by molar-refractivity contribution is 6.07. The number of fused-ring (bicyclic) bond motifs is 1. The van der Waals surface area contributed by atoms with Crippen molar-refractivity contribution in [1.82, 2.24) is 15.3 Å². The fourth-order valence-electron chi connectivity index (χ4n) is 2.67. The van der Waals surface area contributed by atoms with Gasteiger partial charge < -0.3 is 14.5 Å². The molecule has 0 saturated heterocycles. The second kappa shape index (κ2) is 8.30. The van der Waals surface area contributed by atoms with Crippen LogP contribution in [0.2, 0.25) is 0 Å². The van der Waals surface area contributed by atoms with Crippen LogP contribution in [0.15, 0.2) is 64.7 Å². The van der Waals surface area contributed by atoms with Crippen LogP contribution in [0.4, 0.5) is 5.95 Å². The van der Waals surface area contributed by atoms with E-state index in [1.54, 1.807) is 56.6 Å². The summed E-state index contributed by atoms with van der Waals surface area (Å²) in [6, 6.07) is 6.89. The van der Waals surface area contributed by atoms with E-state index in [1.807, 2.05) is 13.0 Å². The van der Waals surface area contributed by atoms with E-state index in [0.29, 0.717) is 34.2 Å². The van der Waals surface area contributed by atoms with Crippen molar-refractivity contribution >= 4 is 28.5 Å². The van der Waals surface area contributed by atoms with Gasteiger partial charge in [0, 0.05) is 30.8 Å². The molecule has 0 atom stereocenters. The third-order valence-electron chi connectivity index (χ3n) is 3.91. The van der Waals surface area contributed by atoms with Crippen molar-refractivity contribution in [2.45, 2.75) is 13.8 Å². The van der Waals surface area contributed by atoms with Gasteiger partial charge in [0.15, 0.2) is 0 Å². The van der Waals surface area contributed by atoms with Gasteiger partial charge in [-0.15, -0.1) is 0 Å². The molecule has 3 aromatic rings. The Kier molecular flexibility index (Phi) is 5.64. The van der Waals surface area contributed by atoms with E-state index in [4.69, 9.17) is 9.15 Å². The predicted molar refractivity (Wildman–Crippen MR) is 109 cm³/mol. The highest BCUT2D eigenvalue weighted by atomic mass is 16.5. The number of hydrogen-bond acceptors (Lipinski definition) is 6. The second-order valence-electron chi connectivity index (χ2n) is 5.81. The maximum atomic E-state index is 12.0. The summed E-state index contributed by atoms with van der Waals surface area (Å²) in [5, 5.41) is 3.34. The van der Waals surface area contributed by atoms with Crippen LogP contribution < -0.4 is 10.1 Å². The normalized spacial score (nSPS) is 11.8. The highest BCUT2D eigenvalue weighted by Crippen LogP contribution is 2.30. The summed E-state index contributed by atoms with van der Waals surface area (Å²) in [5.74, 6) is 1.48. The molecule has 0 saturated carbocycles. The Hall–Kier alpha value is -3.74. The summed E-state index contributed by atoms with van der Waals surface area (Å²) in [7, 11) is 1.58. The van der Waals surface area contributed by atoms with Gasteiger partial charge in [-0.05, 0) is 38.1 Å². The molecule has 1 amide bonds. The molecule has 28 heavy (non-hydrogen) atoms. The number of amides is 1. The van der Waals surface area contributed by atoms with E-state index in [2.05, 4.69) is 26.9 Å². The van der Waals surface area contributed by atoms with Crippen molar-refractivity contribution in [3.63, 3.8) is 0 Å². The Labute approximate surface area is 162 Å². The maximum absolute atomic E-state index is 12.0. The Bertz CT molecular complexity index is 1100. The number of carbonyl (C=O) groups excluding carboxylic acids is 1. The van der Waals surface area contributed by atoms with Gasteiger partial charge in [-0.25, -0.2) is 9.98 Å². The fourth-order valence-corrected chi connectivity index (χ4v) is 2.67. The monoisotopic (exact) mass is 376 g/mol. The molecule has 0 aliphatic heterocycles. The number of aromatic nitrogens is 2. The van der Waals surface area contributed by atoms with E-state index in [9.17, 15) is 4.79 Å². The number of nitrogens with one attached hydrogen (secondary N) is 1. The molecular formula is C21H20N4O3. The number of aryl methyl sites for hydroxylation is 1. The first-order valence-corrected chi connectivity index (χ1v) is 8.65. The molecule has 1 aromatic carbocycles. The van der Waals surface area contributed by atoms with Gasteiger partial charge in [0.25, 0.3) is 11.9 Å². The zero-order chi connectivity index (χ0) is 20.1. The number of allylic oxidation sites excluding steroid dienone is 3. The third kappa shape index (κ3) is 3.98. The summed E-state index contributed by atoms with van der Waals surface area (Å²) >= 11 is 0. The van der Waals surface area contributed by atoms with E-state index < -0.39 is 0 Å². The Morgan fingerprint density at radius 1 is 1.36 bits per heavy atom. The number of carbonyl (C=O) groups is 1. The number of furan rings is 1. The zero-order valence-corrected chi connectivity index (χ0v) is 15.9. The standard InChI is InChI=1S/C21H20N4O3/c1-5-7-14(6-2)24-21-23-11-10-18(25-21)28-15-8-9-16-17(12-15)27-13(3)19(16)20(26)22-4/h5-12H,2H2,1,3-4H3,(H,22,26)/b7-5-,24-14?. The molecule has 0 bridgehead atoms. The first kappa shape index (κ1) is 19.0. The number of benzene rings is 1. The van der Waals surface area contributed by atoms with Crippen LogP contribution in [0.1, 0.15) is 23.0 Å². The Morgan fingerprint density at radius 2 is 2.18 bits per heavy atom. The molecule has 3 rings (SSSR count). The summed E-state index contributed by atoms with van der Waals surface area (Å²) in [6.45, 7) is 7.36. The Balaban J connectivity index is 1.90. The molecule has 0 aliphatic carbocycles. The first-order chi connectivity index (χ1) is 13.5. The zero-order valence-electron chi connectivity index (χ0n) is 15.9. The molecule has 142 valence electrons. The van der Waals surface area contributed by atoms with Gasteiger partial charge in [0.05, 0.1) is 11.3 Å². The molecule has 2 aromatic heterocycles. The SMILES string of the molecule is C=CC(/C=C\C)=Nc1nccc(Oc2ccc3c(C(=O)NC)c(C)oc3c2)n1. The summed E-state index contributed by atoms with van der Waals surface area (Å²) in [5.41, 5.74) is 1.72. The van der Waals surface area contributed by atoms with Crippen molar-refractivity contribution in [3.05, 3.63) is 66.6 Å². The van der Waals surface area contributed by atoms with Gasteiger partial charge >= 0.3 is 0 Å². The third-order valence-corrected chi connectivity index (χ3v) is 3.91. The highest BCUT2D eigenvalue weighted by Gasteiger charge is 2.17. The van der Waals surface area contributed by atoms with E-state index in [1.165, 1.54) is 0 Å². The maximum Gasteiger partial charge on any atom is 0.255 e. The van der Waals surface area contributed by atoms with Gasteiger partial charge in [-0.2, -0.15) is 4.98 Å². The minimum Gasteiger partial charge on any atom is -0.460 e. The van der Waals surface area contributed by atoms with Crippen LogP contribution in [0.3, 0.4) is 0 Å². The lowest BCUT2D eigenvalue weighted by atomic mass is 10.1. The average molecular weight is 376 g/mol. The molecule has 0 radical (unpaired) electrons. The minimum absolute atomic E-state index is 0.192. The quantitative estimate of drug-likeness (QED) is 0.639. The molecule has 7 nitrogen and oxygen atoms in total. The van der Waals surface area contributed by atoms with E-state index in [-0.39, 0.29) is 11.9 Å². The number of ether oxygens (including phenoxy) is 1. The lowest BCUT2D eigenvalue weighted by Gasteiger charge is -2.05. The molecule has 1 N–H and O–H groups in total. The minimum atomic E-state index is -0.192. The molecule has 0 aliphatic rings. The summed E-state index contributed by atoms with van der Waals surface area (Å²) in [4.78, 5) is 24.8. The van der Waals surface area contributed by atoms with Crippen molar-refractivity contribution in [2.75, 3.05) is 7.05 Å². The summed E-state index contributed by atoms with van der Waals surface area (Å²) in [6.07, 6.45) is 6.85. The number of aliphatic imine (C=N–C) groups is 1. The van der Waals surface area contributed by atoms with Crippen LogP contribution in [-0.4, -0.2) is 28.6 Å². The lowest BCUT2D eigenvalue weighted by Crippen LogP contribution is -2.18. The summed E-state index contributed by atoms with van der Waals surface area (Å²) < 4.78 is 11.5. The smallest absolute Gasteiger partial charge is 0.255 e. The lowest BCUT2D eigenvalue weighted by molar-refractivity contribution is 0.0963. The van der Waals surface area contributed by atoms with Gasteiger partial charge in [-0.3, -0.25) is 4.79 Å². The van der Waals surface area contributed by atoms with Crippen LogP contribution >= 0.6 is 0 Å². The molecule has 2 heterocycles. The first-order valence-electron chi connectivity index (χ1n) is 8.65. The predicted octanol–water partition coefficient (Wildman–Crippen LogP) is 4.52. The topological polar surface area (TPSA) is 89.6 Å². The number of nitrogens with zero attached hydrogens (tertiary/aromatic N) is 3. The molecule has 7 heteroatoms. The van der Waals surface area contributed by atoms with E-state index >= 15 is 0 Å². The van der Waals surface area contributed by atoms with Crippen LogP contribution in [-0.2, 0) is 0 Å². The average Bonchev–Trinajstić information content (AvgIpc) is 3.02. The van der Waals surface area contributed by atoms with Gasteiger partial charge in [0.2, 0.25) is 5.88 Å². The molecule has 0 unspecified atom stereocenters. The molecular weight excluding hydrogens is 356 g/mol.